The summed E-state index contributed by atoms with van der Waals surface area (Å²) in [5, 5.41) is 0. The van der Waals surface area contributed by atoms with Crippen molar-refractivity contribution in [2.24, 2.45) is 0 Å². The predicted octanol–water partition coefficient (Wildman–Crippen LogP) is 2.16. The molecule has 23 heavy (non-hydrogen) atoms. The van der Waals surface area contributed by atoms with Gasteiger partial charge in [-0.15, -0.1) is 0 Å². The van der Waals surface area contributed by atoms with Gasteiger partial charge in [0.1, 0.15) is 5.75 Å². The van der Waals surface area contributed by atoms with Crippen LogP contribution in [0.15, 0.2) is 47.4 Å². The van der Waals surface area contributed by atoms with Crippen LogP contribution in [0.3, 0.4) is 0 Å². The number of anilines is 3. The highest BCUT2D eigenvalue weighted by atomic mass is 32.2. The monoisotopic (exact) mass is 339 g/mol. The molecule has 0 aliphatic rings. The molecule has 7 nitrogen and oxygen atoms in total. The maximum absolute atomic E-state index is 10.5. The molecule has 2 rings (SSSR count). The molecular weight excluding hydrogens is 318 g/mol. The van der Waals surface area contributed by atoms with Crippen LogP contribution in [0.2, 0.25) is 0 Å². The van der Waals surface area contributed by atoms with Crippen LogP contribution in [0.5, 0.6) is 5.75 Å². The lowest BCUT2D eigenvalue weighted by Crippen LogP contribution is -1.99. The molecule has 2 aromatic carbocycles. The molecule has 0 aliphatic carbocycles. The zero-order valence-corrected chi connectivity index (χ0v) is 13.6. The van der Waals surface area contributed by atoms with E-state index in [4.69, 9.17) is 26.5 Å². The van der Waals surface area contributed by atoms with Crippen LogP contribution in [0.4, 0.5) is 17.1 Å². The maximum atomic E-state index is 10.5. The largest absolute Gasteiger partial charge is 0.491 e. The zero-order chi connectivity index (χ0) is 17.5. The summed E-state index contributed by atoms with van der Waals surface area (Å²) in [6.07, 6.45) is 0.967. The minimum absolute atomic E-state index is 0.147. The highest BCUT2D eigenvalue weighted by Gasteiger charge is 2.07. The average molecular weight is 339 g/mol. The first-order chi connectivity index (χ1) is 10.7. The molecule has 2 aromatic rings. The Bertz CT molecular complexity index is 731. The summed E-state index contributed by atoms with van der Waals surface area (Å²) in [6, 6.07) is 10.5. The van der Waals surface area contributed by atoms with E-state index in [0.717, 1.165) is 6.42 Å². The van der Waals surface area contributed by atoms with Gasteiger partial charge in [-0.25, -0.2) is 0 Å². The van der Waals surface area contributed by atoms with Gasteiger partial charge in [-0.1, -0.05) is 6.92 Å². The Kier molecular flexibility index (Phi) is 6.67. The van der Waals surface area contributed by atoms with Gasteiger partial charge in [-0.2, -0.15) is 8.42 Å². The molecule has 0 aromatic heterocycles. The normalized spacial score (nSPS) is 10.5. The minimum atomic E-state index is -4.08. The topological polar surface area (TPSA) is 142 Å². The first kappa shape index (κ1) is 18.6. The van der Waals surface area contributed by atoms with E-state index < -0.39 is 10.1 Å². The lowest BCUT2D eigenvalue weighted by Gasteiger charge is -2.07. The van der Waals surface area contributed by atoms with Crippen LogP contribution in [0, 0.1) is 0 Å². The third-order valence-corrected chi connectivity index (χ3v) is 3.55. The summed E-state index contributed by atoms with van der Waals surface area (Å²) < 4.78 is 34.8. The van der Waals surface area contributed by atoms with Crippen LogP contribution in [0.25, 0.3) is 0 Å². The van der Waals surface area contributed by atoms with Crippen LogP contribution in [-0.4, -0.2) is 19.6 Å². The summed E-state index contributed by atoms with van der Waals surface area (Å²) in [6.45, 7) is 2.72. The molecule has 0 spiro atoms. The van der Waals surface area contributed by atoms with Gasteiger partial charge >= 0.3 is 0 Å². The van der Waals surface area contributed by atoms with E-state index in [2.05, 4.69) is 0 Å². The molecule has 0 radical (unpaired) electrons. The highest BCUT2D eigenvalue weighted by Crippen LogP contribution is 2.23. The molecule has 0 fully saturated rings. The number of rotatable bonds is 4. The van der Waals surface area contributed by atoms with Crippen molar-refractivity contribution < 1.29 is 17.7 Å². The molecule has 0 atom stereocenters. The number of ether oxygens (including phenoxy) is 1. The van der Waals surface area contributed by atoms with Crippen molar-refractivity contribution in [3.63, 3.8) is 0 Å². The fraction of sp³-hybridized carbons (Fsp3) is 0.200. The fourth-order valence-electron chi connectivity index (χ4n) is 1.53. The maximum Gasteiger partial charge on any atom is 0.294 e. The van der Waals surface area contributed by atoms with E-state index >= 15 is 0 Å². The van der Waals surface area contributed by atoms with Crippen molar-refractivity contribution in [2.45, 2.75) is 18.2 Å². The Morgan fingerprint density at radius 1 is 1.00 bits per heavy atom. The Hall–Kier alpha value is -2.45. The molecule has 0 heterocycles. The van der Waals surface area contributed by atoms with Crippen molar-refractivity contribution in [2.75, 3.05) is 23.8 Å². The van der Waals surface area contributed by atoms with Gasteiger partial charge < -0.3 is 21.9 Å². The molecule has 0 bridgehead atoms. The lowest BCUT2D eigenvalue weighted by atomic mass is 10.2. The number of nitrogens with two attached hydrogens (primary N) is 3. The average Bonchev–Trinajstić information content (AvgIpc) is 2.48. The fourth-order valence-corrected chi connectivity index (χ4v) is 2.01. The number of benzene rings is 2. The summed E-state index contributed by atoms with van der Waals surface area (Å²) in [7, 11) is -4.08. The smallest absolute Gasteiger partial charge is 0.294 e. The molecule has 0 saturated heterocycles. The van der Waals surface area contributed by atoms with E-state index in [9.17, 15) is 8.42 Å². The standard InChI is InChI=1S/C9H14N2O.C6H7NO3S/c1-2-5-12-9-6-7(10)3-4-8(9)11;7-5-1-3-6(4-2-5)11(8,9)10/h3-4,6H,2,5,10-11H2,1H3;1-4H,7H2,(H,8,9,10). The third-order valence-electron chi connectivity index (χ3n) is 2.68. The first-order valence-electron chi connectivity index (χ1n) is 6.85. The summed E-state index contributed by atoms with van der Waals surface area (Å²) in [5.74, 6) is 0.678. The summed E-state index contributed by atoms with van der Waals surface area (Å²) >= 11 is 0. The second-order valence-corrected chi connectivity index (χ2v) is 6.11. The van der Waals surface area contributed by atoms with E-state index in [0.29, 0.717) is 29.4 Å². The Morgan fingerprint density at radius 2 is 1.57 bits per heavy atom. The van der Waals surface area contributed by atoms with Gasteiger partial charge in [0.15, 0.2) is 0 Å². The van der Waals surface area contributed by atoms with Crippen molar-refractivity contribution >= 4 is 27.2 Å². The van der Waals surface area contributed by atoms with Crippen LogP contribution in [0.1, 0.15) is 13.3 Å². The van der Waals surface area contributed by atoms with Crippen molar-refractivity contribution in [1.82, 2.24) is 0 Å². The second kappa shape index (κ2) is 8.25. The Labute approximate surface area is 135 Å². The first-order valence-corrected chi connectivity index (χ1v) is 8.29. The predicted molar refractivity (Wildman–Crippen MR) is 91.7 cm³/mol. The minimum Gasteiger partial charge on any atom is -0.491 e. The van der Waals surface area contributed by atoms with E-state index in [1.807, 2.05) is 6.92 Å². The Balaban J connectivity index is 0.000000231. The second-order valence-electron chi connectivity index (χ2n) is 4.69. The van der Waals surface area contributed by atoms with Gasteiger partial charge in [0.05, 0.1) is 17.2 Å². The number of nitrogen functional groups attached to an aromatic ring is 3. The highest BCUT2D eigenvalue weighted by molar-refractivity contribution is 7.85. The SMILES string of the molecule is CCCOc1cc(N)ccc1N.Nc1ccc(S(=O)(=O)O)cc1. The number of hydrogen-bond acceptors (Lipinski definition) is 6. The van der Waals surface area contributed by atoms with E-state index in [1.165, 1.54) is 24.3 Å². The molecule has 0 unspecified atom stereocenters. The Morgan fingerprint density at radius 3 is 2.09 bits per heavy atom. The molecule has 0 amide bonds. The van der Waals surface area contributed by atoms with Gasteiger partial charge in [-0.05, 0) is 42.8 Å². The summed E-state index contributed by atoms with van der Waals surface area (Å²) in [5.41, 5.74) is 18.3. The third kappa shape index (κ3) is 6.45. The van der Waals surface area contributed by atoms with E-state index in [1.54, 1.807) is 18.2 Å². The van der Waals surface area contributed by atoms with Crippen molar-refractivity contribution in [1.29, 1.82) is 0 Å². The van der Waals surface area contributed by atoms with E-state index in [-0.39, 0.29) is 4.90 Å². The van der Waals surface area contributed by atoms with Gasteiger partial charge in [-0.3, -0.25) is 4.55 Å². The van der Waals surface area contributed by atoms with Gasteiger partial charge in [0.25, 0.3) is 10.1 Å². The van der Waals surface area contributed by atoms with Crippen LogP contribution < -0.4 is 21.9 Å². The molecule has 126 valence electrons. The van der Waals surface area contributed by atoms with Crippen molar-refractivity contribution in [3.05, 3.63) is 42.5 Å². The van der Waals surface area contributed by atoms with Crippen molar-refractivity contribution in [3.8, 4) is 5.75 Å². The van der Waals surface area contributed by atoms with Crippen LogP contribution >= 0.6 is 0 Å². The molecular formula is C15H21N3O4S. The van der Waals surface area contributed by atoms with Gasteiger partial charge in [0, 0.05) is 17.4 Å². The summed E-state index contributed by atoms with van der Waals surface area (Å²) in [4.78, 5) is -0.147. The van der Waals surface area contributed by atoms with Gasteiger partial charge in [0.2, 0.25) is 0 Å². The van der Waals surface area contributed by atoms with Crippen LogP contribution in [-0.2, 0) is 10.1 Å². The molecule has 0 aliphatic heterocycles. The molecule has 8 heteroatoms. The lowest BCUT2D eigenvalue weighted by molar-refractivity contribution is 0.319. The number of hydrogen-bond donors (Lipinski definition) is 4. The zero-order valence-electron chi connectivity index (χ0n) is 12.8. The molecule has 7 N–H and O–H groups in total. The molecule has 0 saturated carbocycles. The quantitative estimate of drug-likeness (QED) is 0.494.